The molecule has 1 aliphatic heterocycles. The number of ether oxygens (including phenoxy) is 3. The van der Waals surface area contributed by atoms with Gasteiger partial charge in [-0.3, -0.25) is 4.79 Å². The summed E-state index contributed by atoms with van der Waals surface area (Å²) in [4.78, 5) is 16.5. The van der Waals surface area contributed by atoms with Crippen LogP contribution in [-0.2, 0) is 11.2 Å². The summed E-state index contributed by atoms with van der Waals surface area (Å²) >= 11 is 1.21. The van der Waals surface area contributed by atoms with Crippen LogP contribution in [-0.4, -0.2) is 35.7 Å². The van der Waals surface area contributed by atoms with Crippen molar-refractivity contribution < 1.29 is 23.5 Å². The molecule has 1 aromatic heterocycles. The van der Waals surface area contributed by atoms with Crippen LogP contribution in [0.25, 0.3) is 0 Å². The van der Waals surface area contributed by atoms with Gasteiger partial charge in [-0.25, -0.2) is 0 Å². The Bertz CT molecular complexity index is 974. The van der Waals surface area contributed by atoms with Crippen molar-refractivity contribution in [2.24, 2.45) is 0 Å². The van der Waals surface area contributed by atoms with E-state index < -0.39 is 0 Å². The molecule has 2 aromatic carbocycles. The first kappa shape index (κ1) is 18.2. The second-order valence-electron chi connectivity index (χ2n) is 5.90. The molecule has 28 heavy (non-hydrogen) atoms. The van der Waals surface area contributed by atoms with Crippen molar-refractivity contribution in [2.45, 2.75) is 11.6 Å². The van der Waals surface area contributed by atoms with Gasteiger partial charge in [0.2, 0.25) is 23.7 Å². The molecule has 1 aliphatic rings. The molecular weight excluding hydrogens is 382 g/mol. The fourth-order valence-corrected chi connectivity index (χ4v) is 3.18. The predicted molar refractivity (Wildman–Crippen MR) is 102 cm³/mol. The lowest BCUT2D eigenvalue weighted by Crippen LogP contribution is -2.14. The Balaban J connectivity index is 1.28. The lowest BCUT2D eigenvalue weighted by atomic mass is 10.1. The van der Waals surface area contributed by atoms with Crippen LogP contribution in [0.2, 0.25) is 0 Å². The zero-order chi connectivity index (χ0) is 19.3. The molecule has 0 bridgehead atoms. The van der Waals surface area contributed by atoms with Crippen LogP contribution in [0.4, 0.5) is 5.69 Å². The van der Waals surface area contributed by atoms with E-state index in [4.69, 9.17) is 18.7 Å². The van der Waals surface area contributed by atoms with E-state index in [9.17, 15) is 4.79 Å². The number of rotatable bonds is 7. The zero-order valence-corrected chi connectivity index (χ0v) is 15.8. The highest BCUT2D eigenvalue weighted by Gasteiger charge is 2.15. The predicted octanol–water partition coefficient (Wildman–Crippen LogP) is 3.13. The number of fused-ring (bicyclic) bond motifs is 1. The standard InChI is InChI=1S/C19H17N3O5S/c1-24-14-5-2-12(3-6-14)8-18-21-19(22-27-18)28-10-17(23)20-13-4-7-15-16(9-13)26-11-25-15/h2-7,9H,8,10-11H2,1H3,(H,20,23). The molecule has 4 rings (SSSR count). The molecule has 0 radical (unpaired) electrons. The molecule has 1 N–H and O–H groups in total. The lowest BCUT2D eigenvalue weighted by Gasteiger charge is -2.05. The van der Waals surface area contributed by atoms with E-state index in [0.29, 0.717) is 34.7 Å². The van der Waals surface area contributed by atoms with Crippen LogP contribution in [0, 0.1) is 0 Å². The van der Waals surface area contributed by atoms with Crippen LogP contribution in [0.1, 0.15) is 11.5 Å². The third-order valence-electron chi connectivity index (χ3n) is 3.95. The van der Waals surface area contributed by atoms with Gasteiger partial charge in [-0.2, -0.15) is 4.98 Å². The third-order valence-corrected chi connectivity index (χ3v) is 4.78. The van der Waals surface area contributed by atoms with Gasteiger partial charge in [0.1, 0.15) is 5.75 Å². The molecule has 0 saturated heterocycles. The fourth-order valence-electron chi connectivity index (χ4n) is 2.59. The van der Waals surface area contributed by atoms with Gasteiger partial charge in [-0.15, -0.1) is 0 Å². The van der Waals surface area contributed by atoms with Crippen LogP contribution >= 0.6 is 11.8 Å². The maximum absolute atomic E-state index is 12.1. The number of benzene rings is 2. The first-order valence-corrected chi connectivity index (χ1v) is 9.46. The topological polar surface area (TPSA) is 95.7 Å². The summed E-state index contributed by atoms with van der Waals surface area (Å²) in [6.45, 7) is 0.194. The zero-order valence-electron chi connectivity index (χ0n) is 15.0. The van der Waals surface area contributed by atoms with Gasteiger partial charge in [0.05, 0.1) is 19.3 Å². The average Bonchev–Trinajstić information content (AvgIpc) is 3.36. The summed E-state index contributed by atoms with van der Waals surface area (Å²) in [6, 6.07) is 12.9. The highest BCUT2D eigenvalue weighted by Crippen LogP contribution is 2.34. The van der Waals surface area contributed by atoms with Crippen molar-refractivity contribution in [3.8, 4) is 17.2 Å². The number of nitrogens with one attached hydrogen (secondary N) is 1. The Morgan fingerprint density at radius 3 is 2.82 bits per heavy atom. The van der Waals surface area contributed by atoms with E-state index in [2.05, 4.69) is 15.5 Å². The van der Waals surface area contributed by atoms with Crippen molar-refractivity contribution in [1.82, 2.24) is 10.1 Å². The number of methoxy groups -OCH3 is 1. The Morgan fingerprint density at radius 2 is 2.00 bits per heavy atom. The smallest absolute Gasteiger partial charge is 0.234 e. The van der Waals surface area contributed by atoms with Crippen molar-refractivity contribution >= 4 is 23.4 Å². The highest BCUT2D eigenvalue weighted by atomic mass is 32.2. The van der Waals surface area contributed by atoms with Crippen molar-refractivity contribution in [1.29, 1.82) is 0 Å². The quantitative estimate of drug-likeness (QED) is 0.606. The normalized spacial score (nSPS) is 12.0. The number of carbonyl (C=O) groups is 1. The number of aromatic nitrogens is 2. The van der Waals surface area contributed by atoms with E-state index >= 15 is 0 Å². The van der Waals surface area contributed by atoms with Crippen molar-refractivity contribution in [3.63, 3.8) is 0 Å². The molecule has 2 heterocycles. The minimum absolute atomic E-state index is 0.163. The summed E-state index contributed by atoms with van der Waals surface area (Å²) in [6.07, 6.45) is 0.515. The highest BCUT2D eigenvalue weighted by molar-refractivity contribution is 7.99. The van der Waals surface area contributed by atoms with Gasteiger partial charge in [0.25, 0.3) is 0 Å². The first-order valence-electron chi connectivity index (χ1n) is 8.47. The number of anilines is 1. The van der Waals surface area contributed by atoms with E-state index in [1.165, 1.54) is 11.8 Å². The van der Waals surface area contributed by atoms with E-state index in [0.717, 1.165) is 11.3 Å². The number of thioether (sulfide) groups is 1. The van der Waals surface area contributed by atoms with Gasteiger partial charge >= 0.3 is 0 Å². The summed E-state index contributed by atoms with van der Waals surface area (Å²) < 4.78 is 20.9. The molecular formula is C19H17N3O5S. The molecule has 3 aromatic rings. The monoisotopic (exact) mass is 399 g/mol. The summed E-state index contributed by atoms with van der Waals surface area (Å²) in [5, 5.41) is 7.13. The minimum Gasteiger partial charge on any atom is -0.497 e. The molecule has 0 atom stereocenters. The van der Waals surface area contributed by atoms with Crippen molar-refractivity contribution in [2.75, 3.05) is 25.0 Å². The van der Waals surface area contributed by atoms with Crippen LogP contribution in [0.5, 0.6) is 17.2 Å². The third kappa shape index (κ3) is 4.37. The molecule has 0 fully saturated rings. The number of hydrogen-bond donors (Lipinski definition) is 1. The van der Waals surface area contributed by atoms with Crippen LogP contribution < -0.4 is 19.5 Å². The fraction of sp³-hybridized carbons (Fsp3) is 0.211. The second kappa shape index (κ2) is 8.22. The molecule has 0 spiro atoms. The van der Waals surface area contributed by atoms with Crippen LogP contribution in [0.15, 0.2) is 52.1 Å². The first-order chi connectivity index (χ1) is 13.7. The Hall–Kier alpha value is -3.20. The number of nitrogens with zero attached hydrogens (tertiary/aromatic N) is 2. The van der Waals surface area contributed by atoms with E-state index in [1.807, 2.05) is 24.3 Å². The minimum atomic E-state index is -0.176. The number of carbonyl (C=O) groups excluding carboxylic acids is 1. The molecule has 0 saturated carbocycles. The summed E-state index contributed by atoms with van der Waals surface area (Å²) in [7, 11) is 1.62. The SMILES string of the molecule is COc1ccc(Cc2nc(SCC(=O)Nc3ccc4c(c3)OCO4)no2)cc1. The van der Waals surface area contributed by atoms with E-state index in [1.54, 1.807) is 25.3 Å². The maximum atomic E-state index is 12.1. The number of hydrogen-bond acceptors (Lipinski definition) is 8. The summed E-state index contributed by atoms with van der Waals surface area (Å²) in [5.41, 5.74) is 1.67. The molecule has 8 nitrogen and oxygen atoms in total. The average molecular weight is 399 g/mol. The van der Waals surface area contributed by atoms with Crippen molar-refractivity contribution in [3.05, 3.63) is 53.9 Å². The molecule has 9 heteroatoms. The van der Waals surface area contributed by atoms with Gasteiger partial charge < -0.3 is 24.1 Å². The number of amides is 1. The van der Waals surface area contributed by atoms with Gasteiger partial charge in [0.15, 0.2) is 11.5 Å². The molecule has 1 amide bonds. The largest absolute Gasteiger partial charge is 0.497 e. The molecule has 144 valence electrons. The van der Waals surface area contributed by atoms with Gasteiger partial charge in [-0.05, 0) is 29.8 Å². The maximum Gasteiger partial charge on any atom is 0.234 e. The summed E-state index contributed by atoms with van der Waals surface area (Å²) in [5.74, 6) is 2.55. The van der Waals surface area contributed by atoms with E-state index in [-0.39, 0.29) is 18.5 Å². The molecule has 0 unspecified atom stereocenters. The Labute approximate surface area is 165 Å². The Kier molecular flexibility index (Phi) is 5.34. The molecule has 0 aliphatic carbocycles. The van der Waals surface area contributed by atoms with Gasteiger partial charge in [0, 0.05) is 11.8 Å². The lowest BCUT2D eigenvalue weighted by molar-refractivity contribution is -0.113. The van der Waals surface area contributed by atoms with Gasteiger partial charge in [-0.1, -0.05) is 29.1 Å². The van der Waals surface area contributed by atoms with Crippen LogP contribution in [0.3, 0.4) is 0 Å². The second-order valence-corrected chi connectivity index (χ2v) is 6.84. The Morgan fingerprint density at radius 1 is 1.18 bits per heavy atom.